The third kappa shape index (κ3) is 3.92. The Bertz CT molecular complexity index is 508. The van der Waals surface area contributed by atoms with E-state index in [1.807, 2.05) is 17.8 Å². The first-order valence-electron chi connectivity index (χ1n) is 6.15. The minimum Gasteiger partial charge on any atom is -0.466 e. The lowest BCUT2D eigenvalue weighted by molar-refractivity contribution is 0.0315. The number of hydrogen-bond acceptors (Lipinski definition) is 4. The standard InChI is InChI=1S/C13H18BrN3O2/c1-10(7-17-8-11(14)6-16-17)15-9-13(2,18)12-4-3-5-19-12/h3-6,8,10,15,18H,7,9H2,1-2H3/t10-,13-/m0/s1. The van der Waals surface area contributed by atoms with Crippen LogP contribution in [0.4, 0.5) is 0 Å². The van der Waals surface area contributed by atoms with Gasteiger partial charge in [-0.2, -0.15) is 5.10 Å². The molecule has 2 rings (SSSR count). The Morgan fingerprint density at radius 2 is 2.42 bits per heavy atom. The Kier molecular flexibility index (Phi) is 4.44. The van der Waals surface area contributed by atoms with Crippen molar-refractivity contribution in [3.8, 4) is 0 Å². The van der Waals surface area contributed by atoms with Crippen molar-refractivity contribution in [3.05, 3.63) is 41.0 Å². The van der Waals surface area contributed by atoms with Gasteiger partial charge in [0.15, 0.2) is 0 Å². The molecule has 19 heavy (non-hydrogen) atoms. The SMILES string of the molecule is C[C@@H](Cn1cc(Br)cn1)NC[C@](C)(O)c1ccco1. The molecule has 0 bridgehead atoms. The highest BCUT2D eigenvalue weighted by Crippen LogP contribution is 2.20. The van der Waals surface area contributed by atoms with Crippen LogP contribution >= 0.6 is 15.9 Å². The fourth-order valence-electron chi connectivity index (χ4n) is 1.83. The summed E-state index contributed by atoms with van der Waals surface area (Å²) < 4.78 is 8.05. The molecule has 0 radical (unpaired) electrons. The summed E-state index contributed by atoms with van der Waals surface area (Å²) in [6.45, 7) is 4.94. The molecule has 2 N–H and O–H groups in total. The first kappa shape index (κ1) is 14.3. The first-order valence-corrected chi connectivity index (χ1v) is 6.94. The van der Waals surface area contributed by atoms with Gasteiger partial charge in [-0.25, -0.2) is 0 Å². The summed E-state index contributed by atoms with van der Waals surface area (Å²) in [5.74, 6) is 0.564. The summed E-state index contributed by atoms with van der Waals surface area (Å²) in [6.07, 6.45) is 5.24. The van der Waals surface area contributed by atoms with Crippen LogP contribution in [0.3, 0.4) is 0 Å². The molecule has 104 valence electrons. The Labute approximate surface area is 120 Å². The highest BCUT2D eigenvalue weighted by Gasteiger charge is 2.26. The lowest BCUT2D eigenvalue weighted by atomic mass is 10.0. The summed E-state index contributed by atoms with van der Waals surface area (Å²) in [5, 5.41) is 17.8. The van der Waals surface area contributed by atoms with Crippen molar-refractivity contribution in [2.45, 2.75) is 32.0 Å². The van der Waals surface area contributed by atoms with Gasteiger partial charge >= 0.3 is 0 Å². The topological polar surface area (TPSA) is 63.2 Å². The van der Waals surface area contributed by atoms with Gasteiger partial charge in [0.25, 0.3) is 0 Å². The van der Waals surface area contributed by atoms with Crippen LogP contribution < -0.4 is 5.32 Å². The van der Waals surface area contributed by atoms with Gasteiger partial charge in [-0.05, 0) is 41.9 Å². The zero-order valence-electron chi connectivity index (χ0n) is 11.0. The van der Waals surface area contributed by atoms with Crippen LogP contribution in [0.5, 0.6) is 0 Å². The van der Waals surface area contributed by atoms with E-state index in [0.29, 0.717) is 12.3 Å². The van der Waals surface area contributed by atoms with E-state index in [2.05, 4.69) is 26.3 Å². The second-order valence-electron chi connectivity index (χ2n) is 4.91. The summed E-state index contributed by atoms with van der Waals surface area (Å²) in [5.41, 5.74) is -1.01. The van der Waals surface area contributed by atoms with Crippen molar-refractivity contribution < 1.29 is 9.52 Å². The number of aliphatic hydroxyl groups is 1. The Hall–Kier alpha value is -1.11. The number of aromatic nitrogens is 2. The molecule has 0 aliphatic rings. The van der Waals surface area contributed by atoms with Crippen LogP contribution in [0.15, 0.2) is 39.7 Å². The molecule has 6 heteroatoms. The third-order valence-corrected chi connectivity index (χ3v) is 3.32. The molecule has 0 saturated carbocycles. The second kappa shape index (κ2) is 5.90. The average molecular weight is 328 g/mol. The molecule has 0 fully saturated rings. The van der Waals surface area contributed by atoms with Crippen LogP contribution in [0.25, 0.3) is 0 Å². The number of nitrogens with one attached hydrogen (secondary N) is 1. The molecule has 2 aromatic rings. The molecule has 5 nitrogen and oxygen atoms in total. The van der Waals surface area contributed by atoms with E-state index in [1.165, 1.54) is 0 Å². The van der Waals surface area contributed by atoms with Crippen molar-refractivity contribution in [3.63, 3.8) is 0 Å². The van der Waals surface area contributed by atoms with Gasteiger partial charge in [0, 0.05) is 18.8 Å². The summed E-state index contributed by atoms with van der Waals surface area (Å²) in [6, 6.07) is 3.74. The minimum atomic E-state index is -1.01. The van der Waals surface area contributed by atoms with E-state index in [4.69, 9.17) is 4.42 Å². The maximum Gasteiger partial charge on any atom is 0.136 e. The summed E-state index contributed by atoms with van der Waals surface area (Å²) in [7, 11) is 0. The third-order valence-electron chi connectivity index (χ3n) is 2.91. The van der Waals surface area contributed by atoms with Crippen LogP contribution in [0.2, 0.25) is 0 Å². The highest BCUT2D eigenvalue weighted by atomic mass is 79.9. The van der Waals surface area contributed by atoms with Gasteiger partial charge in [-0.15, -0.1) is 0 Å². The van der Waals surface area contributed by atoms with Gasteiger partial charge in [0.2, 0.25) is 0 Å². The zero-order chi connectivity index (χ0) is 13.9. The van der Waals surface area contributed by atoms with Crippen molar-refractivity contribution in [1.82, 2.24) is 15.1 Å². The van der Waals surface area contributed by atoms with Gasteiger partial charge in [0.05, 0.1) is 23.5 Å². The van der Waals surface area contributed by atoms with E-state index >= 15 is 0 Å². The fraction of sp³-hybridized carbons (Fsp3) is 0.462. The Morgan fingerprint density at radius 1 is 1.63 bits per heavy atom. The molecular formula is C13H18BrN3O2. The van der Waals surface area contributed by atoms with Gasteiger partial charge in [0.1, 0.15) is 11.4 Å². The summed E-state index contributed by atoms with van der Waals surface area (Å²) in [4.78, 5) is 0. The molecule has 2 aromatic heterocycles. The lowest BCUT2D eigenvalue weighted by Crippen LogP contribution is -2.41. The molecular weight excluding hydrogens is 310 g/mol. The van der Waals surface area contributed by atoms with Crippen LogP contribution in [0, 0.1) is 0 Å². The summed E-state index contributed by atoms with van der Waals surface area (Å²) >= 11 is 3.36. The van der Waals surface area contributed by atoms with E-state index in [0.717, 1.165) is 11.0 Å². The normalized spacial score (nSPS) is 16.2. The molecule has 0 amide bonds. The molecule has 2 heterocycles. The molecule has 0 spiro atoms. The van der Waals surface area contributed by atoms with Crippen molar-refractivity contribution in [1.29, 1.82) is 0 Å². The van der Waals surface area contributed by atoms with Gasteiger partial charge < -0.3 is 14.8 Å². The van der Waals surface area contributed by atoms with E-state index in [-0.39, 0.29) is 6.04 Å². The predicted octanol–water partition coefficient (Wildman–Crippen LogP) is 2.12. The maximum absolute atomic E-state index is 10.3. The average Bonchev–Trinajstić information content (AvgIpc) is 2.98. The first-order chi connectivity index (χ1) is 8.97. The van der Waals surface area contributed by atoms with Crippen LogP contribution in [0.1, 0.15) is 19.6 Å². The Morgan fingerprint density at radius 3 is 3.00 bits per heavy atom. The molecule has 0 saturated heterocycles. The number of rotatable bonds is 6. The highest BCUT2D eigenvalue weighted by molar-refractivity contribution is 9.10. The molecule has 0 aliphatic carbocycles. The fourth-order valence-corrected chi connectivity index (χ4v) is 2.16. The largest absolute Gasteiger partial charge is 0.466 e. The Balaban J connectivity index is 1.85. The predicted molar refractivity (Wildman–Crippen MR) is 75.7 cm³/mol. The van der Waals surface area contributed by atoms with E-state index in [9.17, 15) is 5.11 Å². The van der Waals surface area contributed by atoms with Gasteiger partial charge in [-0.3, -0.25) is 4.68 Å². The smallest absolute Gasteiger partial charge is 0.136 e. The van der Waals surface area contributed by atoms with Gasteiger partial charge in [-0.1, -0.05) is 0 Å². The van der Waals surface area contributed by atoms with Crippen molar-refractivity contribution >= 4 is 15.9 Å². The lowest BCUT2D eigenvalue weighted by Gasteiger charge is -2.24. The van der Waals surface area contributed by atoms with Crippen molar-refractivity contribution in [2.75, 3.05) is 6.54 Å². The quantitative estimate of drug-likeness (QED) is 0.853. The number of nitrogens with zero attached hydrogens (tertiary/aromatic N) is 2. The minimum absolute atomic E-state index is 0.188. The molecule has 0 unspecified atom stereocenters. The second-order valence-corrected chi connectivity index (χ2v) is 5.83. The van der Waals surface area contributed by atoms with Crippen molar-refractivity contribution in [2.24, 2.45) is 0 Å². The monoisotopic (exact) mass is 327 g/mol. The zero-order valence-corrected chi connectivity index (χ0v) is 12.6. The molecule has 0 aromatic carbocycles. The maximum atomic E-state index is 10.3. The molecule has 2 atom stereocenters. The van der Waals surface area contributed by atoms with E-state index < -0.39 is 5.60 Å². The number of furan rings is 1. The van der Waals surface area contributed by atoms with Crippen LogP contribution in [-0.2, 0) is 12.1 Å². The molecule has 0 aliphatic heterocycles. The van der Waals surface area contributed by atoms with Crippen LogP contribution in [-0.4, -0.2) is 27.5 Å². The van der Waals surface area contributed by atoms with E-state index in [1.54, 1.807) is 31.5 Å². The number of halogens is 1. The number of hydrogen-bond donors (Lipinski definition) is 2.